The second-order valence-corrected chi connectivity index (χ2v) is 8.24. The maximum absolute atomic E-state index is 12.2. The molecule has 128 valence electrons. The van der Waals surface area contributed by atoms with E-state index in [1.165, 1.54) is 18.1 Å². The quantitative estimate of drug-likeness (QED) is 0.759. The first-order chi connectivity index (χ1) is 10.6. The summed E-state index contributed by atoms with van der Waals surface area (Å²) in [6.45, 7) is 10.9. The summed E-state index contributed by atoms with van der Waals surface area (Å²) in [7, 11) is 0. The monoisotopic (exact) mass is 318 g/mol. The van der Waals surface area contributed by atoms with Crippen LogP contribution in [0.1, 0.15) is 66.7 Å². The molecule has 1 N–H and O–H groups in total. The highest BCUT2D eigenvalue weighted by Gasteiger charge is 2.54. The number of carboxylic acid groups (broad SMARTS) is 1. The topological polar surface area (TPSA) is 54.4 Å². The number of hydrogen-bond acceptors (Lipinski definition) is 2. The normalized spacial score (nSPS) is 38.0. The minimum Gasteiger partial charge on any atom is -0.478 e. The van der Waals surface area contributed by atoms with Crippen molar-refractivity contribution in [2.75, 3.05) is 0 Å². The second kappa shape index (κ2) is 6.26. The van der Waals surface area contributed by atoms with Gasteiger partial charge in [0.1, 0.15) is 0 Å². The molecule has 0 aromatic heterocycles. The lowest BCUT2D eigenvalue weighted by molar-refractivity contribution is -0.131. The van der Waals surface area contributed by atoms with Crippen molar-refractivity contribution in [3.63, 3.8) is 0 Å². The van der Waals surface area contributed by atoms with Gasteiger partial charge in [-0.25, -0.2) is 4.79 Å². The van der Waals surface area contributed by atoms with Crippen LogP contribution in [0.3, 0.4) is 0 Å². The Hall–Kier alpha value is -1.38. The predicted octanol–water partition coefficient (Wildman–Crippen LogP) is 4.78. The molecule has 4 atom stereocenters. The van der Waals surface area contributed by atoms with Crippen LogP contribution in [0.25, 0.3) is 0 Å². The van der Waals surface area contributed by atoms with Gasteiger partial charge < -0.3 is 5.11 Å². The minimum atomic E-state index is -0.874. The van der Waals surface area contributed by atoms with Gasteiger partial charge in [0.05, 0.1) is 0 Å². The van der Waals surface area contributed by atoms with Gasteiger partial charge in [0, 0.05) is 12.5 Å². The van der Waals surface area contributed by atoms with Crippen LogP contribution in [0.15, 0.2) is 23.3 Å². The molecular formula is C20H30O3. The minimum absolute atomic E-state index is 0.0752. The van der Waals surface area contributed by atoms with Crippen LogP contribution >= 0.6 is 0 Å². The number of carbonyl (C=O) groups excluding carboxylic acids is 1. The Bertz CT molecular complexity index is 571. The third-order valence-electron chi connectivity index (χ3n) is 6.90. The molecule has 1 saturated carbocycles. The van der Waals surface area contributed by atoms with Crippen LogP contribution < -0.4 is 0 Å². The molecule has 0 aromatic rings. The highest BCUT2D eigenvalue weighted by atomic mass is 16.4. The molecule has 3 heteroatoms. The van der Waals surface area contributed by atoms with Gasteiger partial charge in [-0.05, 0) is 68.3 Å². The highest BCUT2D eigenvalue weighted by Crippen LogP contribution is 2.61. The molecule has 0 unspecified atom stereocenters. The number of rotatable bonds is 4. The summed E-state index contributed by atoms with van der Waals surface area (Å²) in [6.07, 6.45) is 7.85. The standard InChI is InChI=1S/C20H30O3/c1-13(10-18(22)23)6-8-19(4)14(2)7-9-20(5)15(3)11-16(21)12-17(19)20/h10-11,14,17H,6-9,12H2,1-5H3,(H,22,23)/b13-10+/t14-,17+,19+,20-/m1/s1. The number of aliphatic carboxylic acids is 1. The fraction of sp³-hybridized carbons (Fsp3) is 0.700. The van der Waals surface area contributed by atoms with E-state index in [1.807, 2.05) is 13.0 Å². The summed E-state index contributed by atoms with van der Waals surface area (Å²) < 4.78 is 0. The Morgan fingerprint density at radius 1 is 1.43 bits per heavy atom. The number of carboxylic acids is 1. The second-order valence-electron chi connectivity index (χ2n) is 8.24. The van der Waals surface area contributed by atoms with Gasteiger partial charge in [-0.1, -0.05) is 31.9 Å². The smallest absolute Gasteiger partial charge is 0.328 e. The molecule has 0 saturated heterocycles. The number of fused-ring (bicyclic) bond motifs is 1. The molecule has 2 aliphatic rings. The maximum Gasteiger partial charge on any atom is 0.328 e. The number of allylic oxidation sites excluding steroid dienone is 3. The summed E-state index contributed by atoms with van der Waals surface area (Å²) in [6, 6.07) is 0. The van der Waals surface area contributed by atoms with Crippen molar-refractivity contribution in [2.24, 2.45) is 22.7 Å². The van der Waals surface area contributed by atoms with Crippen LogP contribution in [0.2, 0.25) is 0 Å². The Balaban J connectivity index is 2.29. The van der Waals surface area contributed by atoms with E-state index in [4.69, 9.17) is 5.11 Å². The first kappa shape index (κ1) is 18.0. The van der Waals surface area contributed by atoms with Gasteiger partial charge in [0.25, 0.3) is 0 Å². The van der Waals surface area contributed by atoms with Gasteiger partial charge >= 0.3 is 5.97 Å². The maximum atomic E-state index is 12.2. The molecule has 0 spiro atoms. The Kier molecular flexibility index (Phi) is 4.89. The van der Waals surface area contributed by atoms with E-state index >= 15 is 0 Å². The van der Waals surface area contributed by atoms with Crippen molar-refractivity contribution in [3.8, 4) is 0 Å². The average Bonchev–Trinajstić information content (AvgIpc) is 2.44. The largest absolute Gasteiger partial charge is 0.478 e. The fourth-order valence-electron chi connectivity index (χ4n) is 4.86. The molecule has 3 nitrogen and oxygen atoms in total. The van der Waals surface area contributed by atoms with E-state index in [2.05, 4.69) is 27.7 Å². The zero-order valence-corrected chi connectivity index (χ0v) is 15.1. The molecule has 0 aromatic carbocycles. The van der Waals surface area contributed by atoms with E-state index < -0.39 is 5.97 Å². The van der Waals surface area contributed by atoms with E-state index in [-0.39, 0.29) is 16.6 Å². The molecular weight excluding hydrogens is 288 g/mol. The molecule has 1 fully saturated rings. The van der Waals surface area contributed by atoms with Gasteiger partial charge in [0.15, 0.2) is 5.78 Å². The van der Waals surface area contributed by atoms with E-state index in [1.54, 1.807) is 0 Å². The lowest BCUT2D eigenvalue weighted by Gasteiger charge is -2.57. The molecule has 0 heterocycles. The van der Waals surface area contributed by atoms with Crippen LogP contribution in [-0.2, 0) is 9.59 Å². The number of hydrogen-bond donors (Lipinski definition) is 1. The van der Waals surface area contributed by atoms with Crippen LogP contribution in [0.5, 0.6) is 0 Å². The summed E-state index contributed by atoms with van der Waals surface area (Å²) >= 11 is 0. The Morgan fingerprint density at radius 2 is 2.09 bits per heavy atom. The zero-order chi connectivity index (χ0) is 17.4. The van der Waals surface area contributed by atoms with E-state index in [0.29, 0.717) is 18.3 Å². The SMILES string of the molecule is CC1=CC(=O)C[C@H]2[C@@](C)(CC/C(C)=C/C(=O)O)[C@H](C)CC[C@]12C. The Labute approximate surface area is 139 Å². The van der Waals surface area contributed by atoms with Crippen molar-refractivity contribution < 1.29 is 14.7 Å². The zero-order valence-electron chi connectivity index (χ0n) is 15.1. The van der Waals surface area contributed by atoms with Crippen molar-refractivity contribution >= 4 is 11.8 Å². The van der Waals surface area contributed by atoms with Gasteiger partial charge in [-0.2, -0.15) is 0 Å². The van der Waals surface area contributed by atoms with E-state index in [9.17, 15) is 9.59 Å². The number of ketones is 1. The van der Waals surface area contributed by atoms with Crippen LogP contribution in [0.4, 0.5) is 0 Å². The summed E-state index contributed by atoms with van der Waals surface area (Å²) in [5.41, 5.74) is 2.33. The average molecular weight is 318 g/mol. The lowest BCUT2D eigenvalue weighted by atomic mass is 9.47. The predicted molar refractivity (Wildman–Crippen MR) is 92.1 cm³/mol. The summed E-state index contributed by atoms with van der Waals surface area (Å²) in [5, 5.41) is 8.91. The van der Waals surface area contributed by atoms with Gasteiger partial charge in [-0.15, -0.1) is 0 Å². The lowest BCUT2D eigenvalue weighted by Crippen LogP contribution is -2.50. The molecule has 0 bridgehead atoms. The van der Waals surface area contributed by atoms with E-state index in [0.717, 1.165) is 24.8 Å². The molecule has 0 amide bonds. The summed E-state index contributed by atoms with van der Waals surface area (Å²) in [5.74, 6) is 0.287. The third-order valence-corrected chi connectivity index (χ3v) is 6.90. The highest BCUT2D eigenvalue weighted by molar-refractivity contribution is 5.92. The summed E-state index contributed by atoms with van der Waals surface area (Å²) in [4.78, 5) is 23.0. The van der Waals surface area contributed by atoms with Crippen molar-refractivity contribution in [2.45, 2.75) is 66.7 Å². The van der Waals surface area contributed by atoms with Crippen LogP contribution in [-0.4, -0.2) is 16.9 Å². The van der Waals surface area contributed by atoms with Crippen LogP contribution in [0, 0.1) is 22.7 Å². The fourth-order valence-corrected chi connectivity index (χ4v) is 4.86. The first-order valence-corrected chi connectivity index (χ1v) is 8.71. The van der Waals surface area contributed by atoms with Gasteiger partial charge in [0.2, 0.25) is 0 Å². The Morgan fingerprint density at radius 3 is 2.70 bits per heavy atom. The van der Waals surface area contributed by atoms with Gasteiger partial charge in [-0.3, -0.25) is 4.79 Å². The van der Waals surface area contributed by atoms with Crippen molar-refractivity contribution in [1.29, 1.82) is 0 Å². The molecule has 0 radical (unpaired) electrons. The number of carbonyl (C=O) groups is 2. The first-order valence-electron chi connectivity index (χ1n) is 8.71. The van der Waals surface area contributed by atoms with Crippen molar-refractivity contribution in [1.82, 2.24) is 0 Å². The third kappa shape index (κ3) is 3.29. The molecule has 2 aliphatic carbocycles. The molecule has 23 heavy (non-hydrogen) atoms. The molecule has 2 rings (SSSR count). The van der Waals surface area contributed by atoms with Crippen molar-refractivity contribution in [3.05, 3.63) is 23.3 Å². The molecule has 0 aliphatic heterocycles.